The van der Waals surface area contributed by atoms with Gasteiger partial charge in [-0.25, -0.2) is 19.4 Å². The average Bonchev–Trinajstić information content (AvgIpc) is 2.94. The lowest BCUT2D eigenvalue weighted by Gasteiger charge is -2.14. The molecule has 8 nitrogen and oxygen atoms in total. The molecular formula is C30H42ClN5O3S. The second kappa shape index (κ2) is 20.2. The Morgan fingerprint density at radius 3 is 2.30 bits per heavy atom. The predicted octanol–water partition coefficient (Wildman–Crippen LogP) is 7.00. The van der Waals surface area contributed by atoms with Gasteiger partial charge < -0.3 is 10.5 Å². The monoisotopic (exact) mass is 587 g/mol. The lowest BCUT2D eigenvalue weighted by atomic mass is 10.2. The highest BCUT2D eigenvalue weighted by Gasteiger charge is 2.09. The number of allylic oxidation sites excluding steroid dienone is 1. The molecule has 0 aliphatic heterocycles. The van der Waals surface area contributed by atoms with Crippen LogP contribution in [0.1, 0.15) is 51.3 Å². The Morgan fingerprint density at radius 1 is 1.05 bits per heavy atom. The van der Waals surface area contributed by atoms with Crippen molar-refractivity contribution in [2.45, 2.75) is 41.2 Å². The fourth-order valence-electron chi connectivity index (χ4n) is 2.91. The molecule has 0 atom stereocenters. The van der Waals surface area contributed by atoms with Crippen molar-refractivity contribution in [3.8, 4) is 5.75 Å². The first-order valence-corrected chi connectivity index (χ1v) is 14.7. The molecule has 5 N–H and O–H groups in total. The number of halogens is 1. The summed E-state index contributed by atoms with van der Waals surface area (Å²) in [4.78, 5) is 0. The SMILES string of the molecule is C=CC.CC.CC.COc1cccc(/C=C/S(=O)(=O)Nc2cccc(/C(N)=N/N(N)Cc3cccc(Cl)c3)c2)c1. The maximum absolute atomic E-state index is 12.5. The van der Waals surface area contributed by atoms with E-state index in [-0.39, 0.29) is 5.84 Å². The highest BCUT2D eigenvalue weighted by atomic mass is 35.5. The number of hydrazine groups is 1. The zero-order valence-electron chi connectivity index (χ0n) is 24.1. The van der Waals surface area contributed by atoms with Crippen molar-refractivity contribution in [3.63, 3.8) is 0 Å². The Morgan fingerprint density at radius 2 is 1.68 bits per heavy atom. The van der Waals surface area contributed by atoms with Crippen LogP contribution in [0.25, 0.3) is 6.08 Å². The number of rotatable bonds is 9. The van der Waals surface area contributed by atoms with E-state index < -0.39 is 10.0 Å². The molecule has 0 bridgehead atoms. The number of hydrogen-bond donors (Lipinski definition) is 3. The van der Waals surface area contributed by atoms with Crippen LogP contribution in [-0.2, 0) is 16.6 Å². The molecule has 0 amide bonds. The number of hydrogen-bond acceptors (Lipinski definition) is 6. The third-order valence-electron chi connectivity index (χ3n) is 4.42. The van der Waals surface area contributed by atoms with Gasteiger partial charge >= 0.3 is 0 Å². The summed E-state index contributed by atoms with van der Waals surface area (Å²) in [5.41, 5.74) is 8.47. The van der Waals surface area contributed by atoms with Crippen LogP contribution < -0.4 is 21.0 Å². The van der Waals surface area contributed by atoms with Crippen LogP contribution >= 0.6 is 11.6 Å². The molecule has 0 heterocycles. The summed E-state index contributed by atoms with van der Waals surface area (Å²) in [5.74, 6) is 6.71. The third-order valence-corrected chi connectivity index (χ3v) is 5.67. The number of nitrogens with two attached hydrogens (primary N) is 2. The van der Waals surface area contributed by atoms with Crippen molar-refractivity contribution < 1.29 is 13.2 Å². The molecule has 0 aliphatic carbocycles. The number of nitrogens with zero attached hydrogens (tertiary/aromatic N) is 2. The Bertz CT molecular complexity index is 1330. The molecule has 3 rings (SSSR count). The molecule has 0 unspecified atom stereocenters. The summed E-state index contributed by atoms with van der Waals surface area (Å²) in [5, 5.41) is 7.03. The van der Waals surface area contributed by atoms with Crippen molar-refractivity contribution >= 4 is 39.2 Å². The maximum Gasteiger partial charge on any atom is 0.255 e. The number of ether oxygens (including phenoxy) is 1. The topological polar surface area (TPSA) is 123 Å². The van der Waals surface area contributed by atoms with Gasteiger partial charge in [-0.05, 0) is 60.5 Å². The molecule has 3 aromatic rings. The van der Waals surface area contributed by atoms with Crippen LogP contribution in [0.2, 0.25) is 5.02 Å². The molecule has 3 aromatic carbocycles. The Balaban J connectivity index is 0.00000199. The maximum atomic E-state index is 12.5. The quantitative estimate of drug-likeness (QED) is 0.0814. The lowest BCUT2D eigenvalue weighted by molar-refractivity contribution is 0.290. The van der Waals surface area contributed by atoms with E-state index in [9.17, 15) is 8.42 Å². The zero-order valence-corrected chi connectivity index (χ0v) is 25.7. The smallest absolute Gasteiger partial charge is 0.255 e. The molecule has 218 valence electrons. The number of methoxy groups -OCH3 is 1. The highest BCUT2D eigenvalue weighted by molar-refractivity contribution is 7.95. The Labute approximate surface area is 245 Å². The Kier molecular flexibility index (Phi) is 18.3. The van der Waals surface area contributed by atoms with E-state index >= 15 is 0 Å². The van der Waals surface area contributed by atoms with Crippen LogP contribution in [-0.4, -0.2) is 26.5 Å². The second-order valence-corrected chi connectivity index (χ2v) is 9.43. The summed E-state index contributed by atoms with van der Waals surface area (Å²) < 4.78 is 32.6. The van der Waals surface area contributed by atoms with Gasteiger partial charge in [0.15, 0.2) is 5.84 Å². The summed E-state index contributed by atoms with van der Waals surface area (Å²) >= 11 is 5.98. The van der Waals surface area contributed by atoms with Crippen LogP contribution in [0.3, 0.4) is 0 Å². The highest BCUT2D eigenvalue weighted by Crippen LogP contribution is 2.17. The minimum Gasteiger partial charge on any atom is -0.497 e. The number of nitrogens with one attached hydrogen (secondary N) is 1. The number of anilines is 1. The molecule has 0 spiro atoms. The van der Waals surface area contributed by atoms with E-state index in [1.165, 1.54) is 11.2 Å². The fraction of sp³-hybridized carbons (Fsp3) is 0.233. The van der Waals surface area contributed by atoms with Crippen LogP contribution in [0, 0.1) is 0 Å². The van der Waals surface area contributed by atoms with Gasteiger partial charge in [0, 0.05) is 16.3 Å². The molecule has 0 aromatic heterocycles. The normalized spacial score (nSPS) is 10.6. The first-order valence-electron chi connectivity index (χ1n) is 12.8. The molecule has 0 saturated heterocycles. The van der Waals surface area contributed by atoms with E-state index in [0.717, 1.165) is 11.0 Å². The molecule has 0 saturated carbocycles. The van der Waals surface area contributed by atoms with Gasteiger partial charge in [0.2, 0.25) is 0 Å². The zero-order chi connectivity index (χ0) is 30.6. The van der Waals surface area contributed by atoms with Crippen molar-refractivity contribution in [1.82, 2.24) is 5.12 Å². The van der Waals surface area contributed by atoms with Gasteiger partial charge in [-0.3, -0.25) is 4.72 Å². The largest absolute Gasteiger partial charge is 0.497 e. The van der Waals surface area contributed by atoms with Gasteiger partial charge in [-0.2, -0.15) is 0 Å². The van der Waals surface area contributed by atoms with E-state index in [0.29, 0.717) is 34.1 Å². The van der Waals surface area contributed by atoms with Gasteiger partial charge in [-0.15, -0.1) is 11.7 Å². The van der Waals surface area contributed by atoms with Crippen molar-refractivity contribution in [2.24, 2.45) is 16.7 Å². The van der Waals surface area contributed by atoms with E-state index in [1.54, 1.807) is 73.8 Å². The third kappa shape index (κ3) is 14.4. The van der Waals surface area contributed by atoms with Gasteiger partial charge in [-0.1, -0.05) is 81.8 Å². The first kappa shape index (κ1) is 36.2. The van der Waals surface area contributed by atoms with Gasteiger partial charge in [0.25, 0.3) is 10.0 Å². The molecule has 40 heavy (non-hydrogen) atoms. The van der Waals surface area contributed by atoms with E-state index in [1.807, 2.05) is 46.8 Å². The van der Waals surface area contributed by atoms with Crippen molar-refractivity contribution in [3.05, 3.63) is 113 Å². The molecular weight excluding hydrogens is 546 g/mol. The summed E-state index contributed by atoms with van der Waals surface area (Å²) in [6.07, 6.45) is 3.23. The molecule has 0 aliphatic rings. The fourth-order valence-corrected chi connectivity index (χ4v) is 3.98. The van der Waals surface area contributed by atoms with Crippen LogP contribution in [0.4, 0.5) is 5.69 Å². The number of sulfonamides is 1. The predicted molar refractivity (Wildman–Crippen MR) is 171 cm³/mol. The molecule has 0 fully saturated rings. The van der Waals surface area contributed by atoms with E-state index in [2.05, 4.69) is 16.4 Å². The standard InChI is InChI=1S/C23H24ClN5O3S.C3H6.2C2H6/c1-32-22-10-3-5-17(14-22)11-12-33(30,31)28-21-9-4-7-19(15-21)23(25)27-29(26)16-18-6-2-8-20(24)13-18;1-3-2;2*1-2/h2-15,28H,16,26H2,1H3,(H2,25,27);3H,1H2,2H3;2*1-2H3/b12-11+;;;. The average molecular weight is 588 g/mol. The van der Waals surface area contributed by atoms with Gasteiger partial charge in [0.05, 0.1) is 19.1 Å². The molecule has 10 heteroatoms. The Hall–Kier alpha value is -3.79. The van der Waals surface area contributed by atoms with Crippen LogP contribution in [0.5, 0.6) is 5.75 Å². The lowest BCUT2D eigenvalue weighted by Crippen LogP contribution is -2.29. The van der Waals surface area contributed by atoms with Crippen molar-refractivity contribution in [2.75, 3.05) is 11.8 Å². The van der Waals surface area contributed by atoms with E-state index in [4.69, 9.17) is 27.9 Å². The number of hydrazone groups is 1. The summed E-state index contributed by atoms with van der Waals surface area (Å²) in [6, 6.07) is 20.8. The minimum atomic E-state index is -3.76. The number of amidine groups is 1. The van der Waals surface area contributed by atoms with Crippen LogP contribution in [0.15, 0.2) is 96.0 Å². The number of benzene rings is 3. The minimum absolute atomic E-state index is 0.132. The second-order valence-electron chi connectivity index (χ2n) is 7.43. The van der Waals surface area contributed by atoms with Crippen molar-refractivity contribution in [1.29, 1.82) is 0 Å². The first-order chi connectivity index (χ1) is 19.2. The summed E-state index contributed by atoms with van der Waals surface area (Å²) in [7, 11) is -2.22. The summed E-state index contributed by atoms with van der Waals surface area (Å²) in [6.45, 7) is 13.5. The molecule has 0 radical (unpaired) electrons. The van der Waals surface area contributed by atoms with Gasteiger partial charge in [0.1, 0.15) is 5.75 Å².